The van der Waals surface area contributed by atoms with Crippen molar-refractivity contribution in [3.8, 4) is 10.6 Å². The third-order valence-electron chi connectivity index (χ3n) is 4.56. The van der Waals surface area contributed by atoms with Crippen molar-refractivity contribution >= 4 is 11.3 Å². The van der Waals surface area contributed by atoms with Crippen LogP contribution >= 0.6 is 11.3 Å². The molecule has 0 amide bonds. The number of hydrogen-bond donors (Lipinski definition) is 1. The molecule has 0 unspecified atom stereocenters. The Bertz CT molecular complexity index is 596. The molecule has 120 valence electrons. The van der Waals surface area contributed by atoms with Gasteiger partial charge in [0.25, 0.3) is 0 Å². The largest absolute Gasteiger partial charge is 0.396 e. The third kappa shape index (κ3) is 3.79. The maximum Gasteiger partial charge on any atom is 0.0785 e. The van der Waals surface area contributed by atoms with Gasteiger partial charge in [0, 0.05) is 13.2 Å². The van der Waals surface area contributed by atoms with Crippen LogP contribution in [0.25, 0.3) is 10.6 Å². The first-order chi connectivity index (χ1) is 10.8. The van der Waals surface area contributed by atoms with Gasteiger partial charge in [-0.3, -0.25) is 4.68 Å². The molecule has 0 aliphatic heterocycles. The van der Waals surface area contributed by atoms with Crippen LogP contribution in [-0.2, 0) is 13.0 Å². The summed E-state index contributed by atoms with van der Waals surface area (Å²) in [6, 6.07) is 4.48. The molecular weight excluding hydrogens is 292 g/mol. The number of aliphatic hydroxyl groups is 1. The summed E-state index contributed by atoms with van der Waals surface area (Å²) in [4.78, 5) is 1.32. The highest BCUT2D eigenvalue weighted by Crippen LogP contribution is 2.31. The van der Waals surface area contributed by atoms with Crippen LogP contribution in [0, 0.1) is 12.8 Å². The second-order valence-corrected chi connectivity index (χ2v) is 7.43. The molecule has 0 bridgehead atoms. The quantitative estimate of drug-likeness (QED) is 0.856. The third-order valence-corrected chi connectivity index (χ3v) is 5.63. The van der Waals surface area contributed by atoms with Crippen LogP contribution in [0.5, 0.6) is 0 Å². The summed E-state index contributed by atoms with van der Waals surface area (Å²) >= 11 is 1.81. The van der Waals surface area contributed by atoms with Crippen LogP contribution in [0.2, 0.25) is 0 Å². The van der Waals surface area contributed by atoms with Crippen molar-refractivity contribution in [3.05, 3.63) is 28.8 Å². The normalized spacial score (nSPS) is 16.3. The van der Waals surface area contributed by atoms with E-state index in [1.807, 2.05) is 0 Å². The van der Waals surface area contributed by atoms with Gasteiger partial charge in [-0.05, 0) is 61.6 Å². The molecule has 4 heteroatoms. The van der Waals surface area contributed by atoms with Crippen LogP contribution in [0.1, 0.15) is 49.8 Å². The van der Waals surface area contributed by atoms with Gasteiger partial charge in [0.2, 0.25) is 0 Å². The lowest BCUT2D eigenvalue weighted by Gasteiger charge is -2.22. The van der Waals surface area contributed by atoms with Crippen LogP contribution in [0.3, 0.4) is 0 Å². The van der Waals surface area contributed by atoms with E-state index in [2.05, 4.69) is 29.1 Å². The molecule has 1 fully saturated rings. The van der Waals surface area contributed by atoms with E-state index >= 15 is 0 Å². The van der Waals surface area contributed by atoms with Gasteiger partial charge in [0.15, 0.2) is 0 Å². The summed E-state index contributed by atoms with van der Waals surface area (Å²) in [6.07, 6.45) is 8.49. The maximum absolute atomic E-state index is 9.05. The highest BCUT2D eigenvalue weighted by molar-refractivity contribution is 7.13. The fourth-order valence-corrected chi connectivity index (χ4v) is 4.29. The predicted octanol–water partition coefficient (Wildman–Crippen LogP) is 4.43. The van der Waals surface area contributed by atoms with Gasteiger partial charge in [0.05, 0.1) is 16.3 Å². The van der Waals surface area contributed by atoms with Gasteiger partial charge in [-0.15, -0.1) is 11.3 Å². The Morgan fingerprint density at radius 1 is 1.27 bits per heavy atom. The first-order valence-corrected chi connectivity index (χ1v) is 9.37. The Morgan fingerprint density at radius 3 is 2.77 bits per heavy atom. The lowest BCUT2D eigenvalue weighted by molar-refractivity contribution is 0.287. The van der Waals surface area contributed by atoms with E-state index in [1.54, 1.807) is 11.3 Å². The fourth-order valence-electron chi connectivity index (χ4n) is 3.37. The molecule has 0 saturated heterocycles. The lowest BCUT2D eigenvalue weighted by atomic mass is 9.89. The molecule has 22 heavy (non-hydrogen) atoms. The maximum atomic E-state index is 9.05. The van der Waals surface area contributed by atoms with Crippen LogP contribution < -0.4 is 0 Å². The smallest absolute Gasteiger partial charge is 0.0785 e. The van der Waals surface area contributed by atoms with Crippen LogP contribution in [0.4, 0.5) is 0 Å². The second-order valence-electron chi connectivity index (χ2n) is 6.52. The molecule has 0 atom stereocenters. The van der Waals surface area contributed by atoms with E-state index in [1.165, 1.54) is 48.2 Å². The Balaban J connectivity index is 1.83. The van der Waals surface area contributed by atoms with E-state index in [-0.39, 0.29) is 6.61 Å². The van der Waals surface area contributed by atoms with Gasteiger partial charge < -0.3 is 5.11 Å². The zero-order valence-corrected chi connectivity index (χ0v) is 14.2. The Hall–Kier alpha value is -1.13. The highest BCUT2D eigenvalue weighted by Gasteiger charge is 2.18. The first kappa shape index (κ1) is 15.8. The number of aliphatic hydroxyl groups excluding tert-OH is 1. The number of aromatic nitrogens is 2. The van der Waals surface area contributed by atoms with Crippen molar-refractivity contribution < 1.29 is 5.11 Å². The van der Waals surface area contributed by atoms with Gasteiger partial charge in [-0.25, -0.2) is 0 Å². The first-order valence-electron chi connectivity index (χ1n) is 8.49. The van der Waals surface area contributed by atoms with Crippen molar-refractivity contribution in [3.63, 3.8) is 0 Å². The molecular formula is C18H26N2OS. The SMILES string of the molecule is Cc1csc(-c2cc(CCCO)nn2CC2CCCCC2)c1. The number of hydrogen-bond acceptors (Lipinski definition) is 3. The molecule has 3 nitrogen and oxygen atoms in total. The minimum atomic E-state index is 0.239. The molecule has 0 aromatic carbocycles. The summed E-state index contributed by atoms with van der Waals surface area (Å²) in [6.45, 7) is 3.43. The average Bonchev–Trinajstić information content (AvgIpc) is 3.12. The van der Waals surface area contributed by atoms with Crippen molar-refractivity contribution in [2.45, 2.75) is 58.4 Å². The monoisotopic (exact) mass is 318 g/mol. The average molecular weight is 318 g/mol. The van der Waals surface area contributed by atoms with E-state index in [0.717, 1.165) is 31.0 Å². The van der Waals surface area contributed by atoms with Gasteiger partial charge in [-0.1, -0.05) is 19.3 Å². The minimum absolute atomic E-state index is 0.239. The van der Waals surface area contributed by atoms with E-state index in [9.17, 15) is 0 Å². The zero-order valence-electron chi connectivity index (χ0n) is 13.4. The standard InChI is InChI=1S/C18H26N2OS/c1-14-10-18(22-13-14)17-11-16(8-5-9-21)19-20(17)12-15-6-3-2-4-7-15/h10-11,13,15,21H,2-9,12H2,1H3. The van der Waals surface area contributed by atoms with Crippen molar-refractivity contribution in [2.75, 3.05) is 6.61 Å². The molecule has 1 N–H and O–H groups in total. The topological polar surface area (TPSA) is 38.1 Å². The summed E-state index contributed by atoms with van der Waals surface area (Å²) in [5.74, 6) is 0.777. The Labute approximate surface area is 137 Å². The van der Waals surface area contributed by atoms with Crippen molar-refractivity contribution in [2.24, 2.45) is 5.92 Å². The highest BCUT2D eigenvalue weighted by atomic mass is 32.1. The number of thiophene rings is 1. The molecule has 1 aliphatic rings. The van der Waals surface area contributed by atoms with E-state index in [4.69, 9.17) is 10.2 Å². The minimum Gasteiger partial charge on any atom is -0.396 e. The Kier molecular flexibility index (Phi) is 5.32. The predicted molar refractivity (Wildman–Crippen MR) is 92.3 cm³/mol. The number of rotatable bonds is 6. The second kappa shape index (κ2) is 7.42. The van der Waals surface area contributed by atoms with Gasteiger partial charge in [-0.2, -0.15) is 5.10 Å². The molecule has 2 aromatic heterocycles. The van der Waals surface area contributed by atoms with Crippen LogP contribution in [0.15, 0.2) is 17.5 Å². The summed E-state index contributed by atoms with van der Waals surface area (Å²) in [7, 11) is 0. The van der Waals surface area contributed by atoms with Crippen molar-refractivity contribution in [1.29, 1.82) is 0 Å². The molecule has 1 saturated carbocycles. The lowest BCUT2D eigenvalue weighted by Crippen LogP contribution is -2.15. The summed E-state index contributed by atoms with van der Waals surface area (Å²) in [5.41, 5.74) is 3.70. The van der Waals surface area contributed by atoms with Gasteiger partial charge in [0.1, 0.15) is 0 Å². The van der Waals surface area contributed by atoms with Crippen LogP contribution in [-0.4, -0.2) is 21.5 Å². The van der Waals surface area contributed by atoms with Crippen molar-refractivity contribution in [1.82, 2.24) is 9.78 Å². The molecule has 0 radical (unpaired) electrons. The summed E-state index contributed by atoms with van der Waals surface area (Å²) < 4.78 is 2.23. The molecule has 2 aromatic rings. The molecule has 0 spiro atoms. The molecule has 2 heterocycles. The van der Waals surface area contributed by atoms with E-state index in [0.29, 0.717) is 0 Å². The van der Waals surface area contributed by atoms with E-state index < -0.39 is 0 Å². The van der Waals surface area contributed by atoms with Gasteiger partial charge >= 0.3 is 0 Å². The number of nitrogens with zero attached hydrogens (tertiary/aromatic N) is 2. The number of aryl methyl sites for hydroxylation is 2. The summed E-state index contributed by atoms with van der Waals surface area (Å²) in [5, 5.41) is 16.1. The Morgan fingerprint density at radius 2 is 2.09 bits per heavy atom. The molecule has 1 aliphatic carbocycles. The molecule has 3 rings (SSSR count). The fraction of sp³-hybridized carbons (Fsp3) is 0.611. The zero-order chi connectivity index (χ0) is 15.4.